The van der Waals surface area contributed by atoms with Crippen molar-refractivity contribution < 1.29 is 4.11 Å². The molecule has 0 spiro atoms. The van der Waals surface area contributed by atoms with Crippen LogP contribution in [0.2, 0.25) is 0 Å². The van der Waals surface area contributed by atoms with Gasteiger partial charge in [-0.05, 0) is 61.7 Å². The molecule has 0 aliphatic heterocycles. The van der Waals surface area contributed by atoms with Crippen molar-refractivity contribution in [1.82, 2.24) is 0 Å². The second kappa shape index (κ2) is 1.84. The molecule has 4 bridgehead atoms. The zero-order valence-electron chi connectivity index (χ0n) is 9.92. The zero-order valence-corrected chi connectivity index (χ0v) is 6.92. The Balaban J connectivity index is 1.97. The summed E-state index contributed by atoms with van der Waals surface area (Å²) in [4.78, 5) is 0. The van der Waals surface area contributed by atoms with Crippen LogP contribution in [-0.2, 0) is 0 Å². The van der Waals surface area contributed by atoms with Crippen LogP contribution in [-0.4, -0.2) is 0 Å². The quantitative estimate of drug-likeness (QED) is 0.505. The summed E-state index contributed by atoms with van der Waals surface area (Å²) in [5.41, 5.74) is -0.241. The first-order valence-electron chi connectivity index (χ1n) is 6.62. The molecule has 4 saturated carbocycles. The van der Waals surface area contributed by atoms with Crippen molar-refractivity contribution in [2.24, 2.45) is 23.2 Å². The predicted molar refractivity (Wildman–Crippen MR) is 46.3 cm³/mol. The normalized spacial score (nSPS) is 71.2. The van der Waals surface area contributed by atoms with Crippen LogP contribution in [0.5, 0.6) is 0 Å². The average molecular weight is 156 g/mol. The Bertz CT molecular complexity index is 237. The summed E-state index contributed by atoms with van der Waals surface area (Å²) in [6.45, 7) is -0.765. The van der Waals surface area contributed by atoms with Gasteiger partial charge in [-0.1, -0.05) is 6.88 Å². The van der Waals surface area contributed by atoms with Crippen molar-refractivity contribution in [2.45, 2.75) is 45.4 Å². The smallest absolute Gasteiger partial charge is 0.0275 e. The fraction of sp³-hybridized carbons (Fsp3) is 1.00. The van der Waals surface area contributed by atoms with Crippen LogP contribution in [0, 0.1) is 23.2 Å². The van der Waals surface area contributed by atoms with Crippen molar-refractivity contribution in [1.29, 1.82) is 0 Å². The van der Waals surface area contributed by atoms with E-state index in [-0.39, 0.29) is 11.8 Å². The highest BCUT2D eigenvalue weighted by Gasteiger charge is 2.48. The molecule has 3 unspecified atom stereocenters. The van der Waals surface area contributed by atoms with E-state index < -0.39 is 6.88 Å². The number of rotatable bonds is 0. The molecule has 0 amide bonds. The van der Waals surface area contributed by atoms with Gasteiger partial charge < -0.3 is 0 Å². The van der Waals surface area contributed by atoms with Gasteiger partial charge in [0.05, 0.1) is 0 Å². The Morgan fingerprint density at radius 3 is 2.45 bits per heavy atom. The molecule has 0 aromatic rings. The fourth-order valence-corrected chi connectivity index (χ4v) is 3.85. The Labute approximate surface area is 73.6 Å². The summed E-state index contributed by atoms with van der Waals surface area (Å²) in [7, 11) is 0. The summed E-state index contributed by atoms with van der Waals surface area (Å²) in [6.07, 6.45) is 5.68. The minimum absolute atomic E-state index is 0.102. The molecular weight excluding hydrogens is 132 g/mol. The minimum Gasteiger partial charge on any atom is -0.0596 e. The summed E-state index contributed by atoms with van der Waals surface area (Å²) in [5.74, 6) is 2.04. The molecule has 4 fully saturated rings. The summed E-state index contributed by atoms with van der Waals surface area (Å²) in [5, 5.41) is 0. The standard InChI is InChI=1S/C11H18/c1-11-5-8-2-9(6-11)4-10(3-8)7-11/h8-10H,2-7H2,1H3/i1T2,5T. The maximum Gasteiger partial charge on any atom is 0.0275 e. The van der Waals surface area contributed by atoms with E-state index in [2.05, 4.69) is 0 Å². The van der Waals surface area contributed by atoms with Gasteiger partial charge in [-0.25, -0.2) is 0 Å². The van der Waals surface area contributed by atoms with Crippen molar-refractivity contribution in [2.75, 3.05) is 0 Å². The maximum absolute atomic E-state index is 8.24. The fourth-order valence-electron chi connectivity index (χ4n) is 3.85. The summed E-state index contributed by atoms with van der Waals surface area (Å²) >= 11 is 0. The van der Waals surface area contributed by atoms with Crippen LogP contribution in [0.15, 0.2) is 0 Å². The van der Waals surface area contributed by atoms with Crippen LogP contribution >= 0.6 is 0 Å². The molecular formula is C11H18. The van der Waals surface area contributed by atoms with Gasteiger partial charge in [0.15, 0.2) is 0 Å². The van der Waals surface area contributed by atoms with Crippen molar-refractivity contribution in [3.63, 3.8) is 0 Å². The summed E-state index contributed by atoms with van der Waals surface area (Å²) in [6, 6.07) is 0. The molecule has 3 atom stereocenters. The third-order valence-electron chi connectivity index (χ3n) is 3.84. The lowest BCUT2D eigenvalue weighted by atomic mass is 9.50. The monoisotopic (exact) mass is 156 g/mol. The number of hydrogen-bond acceptors (Lipinski definition) is 0. The van der Waals surface area contributed by atoms with Gasteiger partial charge in [-0.2, -0.15) is 0 Å². The van der Waals surface area contributed by atoms with E-state index in [1.807, 2.05) is 0 Å². The molecule has 0 aromatic heterocycles. The highest BCUT2D eigenvalue weighted by atomic mass is 14.5. The lowest BCUT2D eigenvalue weighted by Crippen LogP contribution is -2.44. The molecule has 0 heterocycles. The second-order valence-electron chi connectivity index (χ2n) is 5.01. The molecule has 0 saturated heterocycles. The van der Waals surface area contributed by atoms with Crippen molar-refractivity contribution in [3.05, 3.63) is 0 Å². The molecule has 0 nitrogen and oxygen atoms in total. The Morgan fingerprint density at radius 2 is 1.82 bits per heavy atom. The Morgan fingerprint density at radius 1 is 1.18 bits per heavy atom. The van der Waals surface area contributed by atoms with Gasteiger partial charge in [0, 0.05) is 4.11 Å². The SMILES string of the molecule is [3H]C([3H])C12CC3CC(CC(C3)C1[3H])C2. The number of hydrogen-bond donors (Lipinski definition) is 0. The van der Waals surface area contributed by atoms with E-state index in [9.17, 15) is 0 Å². The van der Waals surface area contributed by atoms with E-state index in [4.69, 9.17) is 4.11 Å². The summed E-state index contributed by atoms with van der Waals surface area (Å²) < 4.78 is 23.7. The molecule has 11 heavy (non-hydrogen) atoms. The molecule has 62 valence electrons. The molecule has 0 aromatic carbocycles. The van der Waals surface area contributed by atoms with Gasteiger partial charge in [-0.3, -0.25) is 0 Å². The topological polar surface area (TPSA) is 0 Å². The predicted octanol–water partition coefficient (Wildman–Crippen LogP) is 3.22. The first kappa shape index (κ1) is 4.30. The van der Waals surface area contributed by atoms with E-state index in [1.165, 1.54) is 19.3 Å². The molecule has 0 N–H and O–H groups in total. The lowest BCUT2D eigenvalue weighted by molar-refractivity contribution is -0.0411. The van der Waals surface area contributed by atoms with Crippen LogP contribution in [0.4, 0.5) is 0 Å². The van der Waals surface area contributed by atoms with Crippen LogP contribution < -0.4 is 0 Å². The van der Waals surface area contributed by atoms with Crippen LogP contribution in [0.25, 0.3) is 0 Å². The van der Waals surface area contributed by atoms with E-state index in [0.717, 1.165) is 24.7 Å². The van der Waals surface area contributed by atoms with Crippen molar-refractivity contribution >= 4 is 0 Å². The molecule has 0 radical (unpaired) electrons. The lowest BCUT2D eigenvalue weighted by Gasteiger charge is -2.55. The van der Waals surface area contributed by atoms with Gasteiger partial charge in [0.25, 0.3) is 0 Å². The van der Waals surface area contributed by atoms with Gasteiger partial charge in [-0.15, -0.1) is 0 Å². The third-order valence-corrected chi connectivity index (χ3v) is 3.84. The molecule has 4 rings (SSSR count). The van der Waals surface area contributed by atoms with Gasteiger partial charge in [0.2, 0.25) is 0 Å². The van der Waals surface area contributed by atoms with Crippen LogP contribution in [0.3, 0.4) is 0 Å². The average Bonchev–Trinajstić information content (AvgIpc) is 2.12. The van der Waals surface area contributed by atoms with Crippen molar-refractivity contribution in [3.8, 4) is 0 Å². The Kier molecular flexibility index (Phi) is 0.717. The molecule has 4 aliphatic rings. The maximum atomic E-state index is 8.24. The largest absolute Gasteiger partial charge is 0.0596 e. The van der Waals surface area contributed by atoms with E-state index >= 15 is 0 Å². The van der Waals surface area contributed by atoms with E-state index in [1.54, 1.807) is 0 Å². The molecule has 4 aliphatic carbocycles. The van der Waals surface area contributed by atoms with E-state index in [0.29, 0.717) is 5.92 Å². The minimum atomic E-state index is -0.765. The first-order valence-corrected chi connectivity index (χ1v) is 4.88. The van der Waals surface area contributed by atoms with Gasteiger partial charge >= 0.3 is 0 Å². The highest BCUT2D eigenvalue weighted by molar-refractivity contribution is 4.99. The molecule has 0 heteroatoms. The van der Waals surface area contributed by atoms with Crippen LogP contribution in [0.1, 0.15) is 49.5 Å². The third kappa shape index (κ3) is 0.878. The van der Waals surface area contributed by atoms with Gasteiger partial charge in [0.1, 0.15) is 0 Å². The zero-order chi connectivity index (χ0) is 9.92. The second-order valence-corrected chi connectivity index (χ2v) is 5.01. The first-order chi connectivity index (χ1) is 6.62. The highest BCUT2D eigenvalue weighted by Crippen LogP contribution is 2.59. The Hall–Kier alpha value is 0.